The van der Waals surface area contributed by atoms with Gasteiger partial charge in [-0.2, -0.15) is 5.26 Å². The van der Waals surface area contributed by atoms with Gasteiger partial charge in [-0.1, -0.05) is 0 Å². The molecule has 11 heavy (non-hydrogen) atoms. The van der Waals surface area contributed by atoms with Gasteiger partial charge in [-0.3, -0.25) is 0 Å². The van der Waals surface area contributed by atoms with Crippen molar-refractivity contribution in [1.29, 1.82) is 5.26 Å². The van der Waals surface area contributed by atoms with Crippen LogP contribution in [0.25, 0.3) is 0 Å². The van der Waals surface area contributed by atoms with E-state index in [-0.39, 0.29) is 6.42 Å². The summed E-state index contributed by atoms with van der Waals surface area (Å²) in [5.41, 5.74) is 0.891. The number of rotatable bonds is 2. The molecule has 0 aliphatic carbocycles. The molecule has 0 saturated carbocycles. The third-order valence-corrected chi connectivity index (χ3v) is 2.27. The molecule has 0 amide bonds. The first-order chi connectivity index (χ1) is 5.24. The molecule has 0 bridgehead atoms. The zero-order chi connectivity index (χ0) is 8.27. The van der Waals surface area contributed by atoms with E-state index in [0.29, 0.717) is 5.01 Å². The highest BCUT2D eigenvalue weighted by Gasteiger charge is 2.09. The molecule has 0 aliphatic rings. The fourth-order valence-corrected chi connectivity index (χ4v) is 1.48. The molecule has 3 nitrogen and oxygen atoms in total. The highest BCUT2D eigenvalue weighted by atomic mass is 32.1. The first-order valence-electron chi connectivity index (χ1n) is 3.21. The zero-order valence-corrected chi connectivity index (χ0v) is 6.93. The number of aliphatic hydroxyl groups is 1. The molecule has 1 atom stereocenters. The zero-order valence-electron chi connectivity index (χ0n) is 6.11. The van der Waals surface area contributed by atoms with Gasteiger partial charge < -0.3 is 5.11 Å². The van der Waals surface area contributed by atoms with Gasteiger partial charge in [0.15, 0.2) is 0 Å². The Morgan fingerprint density at radius 1 is 1.91 bits per heavy atom. The number of hydrogen-bond donors (Lipinski definition) is 1. The van der Waals surface area contributed by atoms with Crippen LogP contribution < -0.4 is 0 Å². The van der Waals surface area contributed by atoms with Crippen LogP contribution in [0.5, 0.6) is 0 Å². The van der Waals surface area contributed by atoms with Crippen LogP contribution in [0, 0.1) is 18.3 Å². The van der Waals surface area contributed by atoms with Gasteiger partial charge in [0.05, 0.1) is 12.5 Å². The molecule has 1 heterocycles. The second kappa shape index (κ2) is 3.46. The first-order valence-corrected chi connectivity index (χ1v) is 4.09. The number of hydrogen-bond acceptors (Lipinski definition) is 4. The quantitative estimate of drug-likeness (QED) is 0.726. The number of nitriles is 1. The van der Waals surface area contributed by atoms with E-state index in [0.717, 1.165) is 5.69 Å². The normalized spacial score (nSPS) is 12.5. The molecule has 1 rings (SSSR count). The Kier molecular flexibility index (Phi) is 2.58. The van der Waals surface area contributed by atoms with Crippen molar-refractivity contribution in [2.75, 3.05) is 0 Å². The number of aliphatic hydroxyl groups excluding tert-OH is 1. The molecule has 58 valence electrons. The molecule has 0 saturated heterocycles. The molecule has 0 aromatic carbocycles. The van der Waals surface area contributed by atoms with Crippen molar-refractivity contribution in [3.8, 4) is 6.07 Å². The predicted octanol–water partition coefficient (Wildman–Crippen LogP) is 1.40. The van der Waals surface area contributed by atoms with Crippen molar-refractivity contribution in [1.82, 2.24) is 4.98 Å². The summed E-state index contributed by atoms with van der Waals surface area (Å²) in [6.07, 6.45) is -0.592. The Morgan fingerprint density at radius 3 is 3.09 bits per heavy atom. The van der Waals surface area contributed by atoms with Crippen LogP contribution in [0.15, 0.2) is 5.38 Å². The van der Waals surface area contributed by atoms with Crippen LogP contribution >= 0.6 is 11.3 Å². The van der Waals surface area contributed by atoms with Crippen molar-refractivity contribution in [2.45, 2.75) is 19.4 Å². The lowest BCUT2D eigenvalue weighted by atomic mass is 10.3. The van der Waals surface area contributed by atoms with Crippen LogP contribution in [-0.4, -0.2) is 10.1 Å². The molecule has 1 N–H and O–H groups in total. The van der Waals surface area contributed by atoms with Gasteiger partial charge >= 0.3 is 0 Å². The summed E-state index contributed by atoms with van der Waals surface area (Å²) in [6.45, 7) is 1.86. The van der Waals surface area contributed by atoms with E-state index in [1.807, 2.05) is 18.4 Å². The average molecular weight is 168 g/mol. The monoisotopic (exact) mass is 168 g/mol. The van der Waals surface area contributed by atoms with Gasteiger partial charge in [-0.15, -0.1) is 11.3 Å². The predicted molar refractivity (Wildman–Crippen MR) is 42.0 cm³/mol. The lowest BCUT2D eigenvalue weighted by Crippen LogP contribution is -1.94. The van der Waals surface area contributed by atoms with Gasteiger partial charge in [0, 0.05) is 11.1 Å². The summed E-state index contributed by atoms with van der Waals surface area (Å²) < 4.78 is 0. The van der Waals surface area contributed by atoms with E-state index in [1.165, 1.54) is 11.3 Å². The van der Waals surface area contributed by atoms with Crippen molar-refractivity contribution in [3.63, 3.8) is 0 Å². The Morgan fingerprint density at radius 2 is 2.64 bits per heavy atom. The van der Waals surface area contributed by atoms with Crippen LogP contribution in [0.3, 0.4) is 0 Å². The lowest BCUT2D eigenvalue weighted by molar-refractivity contribution is 0.183. The van der Waals surface area contributed by atoms with Gasteiger partial charge in [-0.05, 0) is 6.92 Å². The summed E-state index contributed by atoms with van der Waals surface area (Å²) in [6, 6.07) is 1.89. The minimum Gasteiger partial charge on any atom is -0.385 e. The summed E-state index contributed by atoms with van der Waals surface area (Å²) in [7, 11) is 0. The van der Waals surface area contributed by atoms with Crippen LogP contribution in [0.2, 0.25) is 0 Å². The molecule has 1 unspecified atom stereocenters. The van der Waals surface area contributed by atoms with E-state index in [9.17, 15) is 5.11 Å². The second-order valence-electron chi connectivity index (χ2n) is 2.21. The van der Waals surface area contributed by atoms with Crippen molar-refractivity contribution in [2.24, 2.45) is 0 Å². The molecule has 4 heteroatoms. The third-order valence-electron chi connectivity index (χ3n) is 1.21. The average Bonchev–Trinajstić information content (AvgIpc) is 2.36. The lowest BCUT2D eigenvalue weighted by Gasteiger charge is -1.98. The summed E-state index contributed by atoms with van der Waals surface area (Å²) in [5.74, 6) is 0. The molecule has 1 aromatic heterocycles. The number of nitrogens with zero attached hydrogens (tertiary/aromatic N) is 2. The van der Waals surface area contributed by atoms with Crippen LogP contribution in [0.4, 0.5) is 0 Å². The van der Waals surface area contributed by atoms with Gasteiger partial charge in [-0.25, -0.2) is 4.98 Å². The first kappa shape index (κ1) is 8.18. The maximum Gasteiger partial charge on any atom is 0.123 e. The smallest absolute Gasteiger partial charge is 0.123 e. The summed E-state index contributed by atoms with van der Waals surface area (Å²) >= 11 is 1.39. The Hall–Kier alpha value is -0.920. The Bertz CT molecular complexity index is 276. The van der Waals surface area contributed by atoms with Crippen molar-refractivity contribution < 1.29 is 5.11 Å². The third kappa shape index (κ3) is 2.00. The topological polar surface area (TPSA) is 56.9 Å². The van der Waals surface area contributed by atoms with E-state index in [2.05, 4.69) is 4.98 Å². The SMILES string of the molecule is Cc1csc(C(O)CC#N)n1. The minimum absolute atomic E-state index is 0.118. The fraction of sp³-hybridized carbons (Fsp3) is 0.429. The molecule has 0 radical (unpaired) electrons. The maximum atomic E-state index is 9.26. The van der Waals surface area contributed by atoms with E-state index < -0.39 is 6.10 Å². The van der Waals surface area contributed by atoms with Crippen molar-refractivity contribution in [3.05, 3.63) is 16.1 Å². The molecule has 0 aliphatic heterocycles. The van der Waals surface area contributed by atoms with Gasteiger partial charge in [0.1, 0.15) is 11.1 Å². The minimum atomic E-state index is -0.710. The molecule has 1 aromatic rings. The van der Waals surface area contributed by atoms with Gasteiger partial charge in [0.25, 0.3) is 0 Å². The van der Waals surface area contributed by atoms with E-state index >= 15 is 0 Å². The largest absolute Gasteiger partial charge is 0.385 e. The summed E-state index contributed by atoms with van der Waals surface area (Å²) in [4.78, 5) is 4.05. The molecule has 0 fully saturated rings. The van der Waals surface area contributed by atoms with Gasteiger partial charge in [0.2, 0.25) is 0 Å². The van der Waals surface area contributed by atoms with Crippen molar-refractivity contribution >= 4 is 11.3 Å². The molecule has 0 spiro atoms. The number of aromatic nitrogens is 1. The highest BCUT2D eigenvalue weighted by Crippen LogP contribution is 2.19. The number of aryl methyl sites for hydroxylation is 1. The van der Waals surface area contributed by atoms with E-state index in [4.69, 9.17) is 5.26 Å². The number of thiazole rings is 1. The maximum absolute atomic E-state index is 9.26. The van der Waals surface area contributed by atoms with Crippen LogP contribution in [-0.2, 0) is 0 Å². The molecular formula is C7H8N2OS. The standard InChI is InChI=1S/C7H8N2OS/c1-5-4-11-7(9-5)6(10)2-3-8/h4,6,10H,2H2,1H3. The second-order valence-corrected chi connectivity index (χ2v) is 3.09. The molecular weight excluding hydrogens is 160 g/mol. The summed E-state index contributed by atoms with van der Waals surface area (Å²) in [5, 5.41) is 20.0. The Balaban J connectivity index is 2.70. The Labute approximate surface area is 68.9 Å². The fourth-order valence-electron chi connectivity index (χ4n) is 0.699. The highest BCUT2D eigenvalue weighted by molar-refractivity contribution is 7.09. The van der Waals surface area contributed by atoms with Crippen LogP contribution in [0.1, 0.15) is 23.2 Å². The van der Waals surface area contributed by atoms with E-state index in [1.54, 1.807) is 0 Å².